The first kappa shape index (κ1) is 14.1. The van der Waals surface area contributed by atoms with Crippen LogP contribution in [0.4, 0.5) is 0 Å². The summed E-state index contributed by atoms with van der Waals surface area (Å²) < 4.78 is 0. The SMILES string of the molecule is CCCC1NC(c2ccsc2)N(C(C)C2CCC2)C1=O. The van der Waals surface area contributed by atoms with Gasteiger partial charge in [0.2, 0.25) is 5.91 Å². The summed E-state index contributed by atoms with van der Waals surface area (Å²) in [4.78, 5) is 14.9. The van der Waals surface area contributed by atoms with Crippen LogP contribution < -0.4 is 5.32 Å². The van der Waals surface area contributed by atoms with Gasteiger partial charge in [-0.1, -0.05) is 19.8 Å². The van der Waals surface area contributed by atoms with Crippen LogP contribution in [-0.4, -0.2) is 22.9 Å². The molecule has 2 aliphatic rings. The Labute approximate surface area is 125 Å². The molecular weight excluding hydrogens is 268 g/mol. The van der Waals surface area contributed by atoms with E-state index < -0.39 is 0 Å². The third-order valence-electron chi connectivity index (χ3n) is 4.90. The van der Waals surface area contributed by atoms with E-state index in [4.69, 9.17) is 0 Å². The number of nitrogens with zero attached hydrogens (tertiary/aromatic N) is 1. The van der Waals surface area contributed by atoms with Gasteiger partial charge < -0.3 is 4.90 Å². The lowest BCUT2D eigenvalue weighted by Gasteiger charge is -2.39. The van der Waals surface area contributed by atoms with Gasteiger partial charge in [0.25, 0.3) is 0 Å². The molecule has 0 aromatic carbocycles. The van der Waals surface area contributed by atoms with Gasteiger partial charge in [-0.2, -0.15) is 11.3 Å². The summed E-state index contributed by atoms with van der Waals surface area (Å²) in [5.74, 6) is 1.00. The maximum absolute atomic E-state index is 12.8. The smallest absolute Gasteiger partial charge is 0.241 e. The second kappa shape index (κ2) is 5.86. The fraction of sp³-hybridized carbons (Fsp3) is 0.688. The van der Waals surface area contributed by atoms with Gasteiger partial charge in [-0.3, -0.25) is 10.1 Å². The van der Waals surface area contributed by atoms with Crippen molar-refractivity contribution in [3.05, 3.63) is 22.4 Å². The first-order valence-electron chi connectivity index (χ1n) is 7.82. The molecule has 1 aromatic heterocycles. The average molecular weight is 292 g/mol. The van der Waals surface area contributed by atoms with Crippen LogP contribution in [0.25, 0.3) is 0 Å². The molecule has 2 fully saturated rings. The first-order valence-corrected chi connectivity index (χ1v) is 8.77. The Morgan fingerprint density at radius 1 is 1.50 bits per heavy atom. The van der Waals surface area contributed by atoms with Gasteiger partial charge in [0.15, 0.2) is 0 Å². The molecule has 3 unspecified atom stereocenters. The van der Waals surface area contributed by atoms with E-state index in [0.29, 0.717) is 17.9 Å². The van der Waals surface area contributed by atoms with Crippen molar-refractivity contribution in [3.63, 3.8) is 0 Å². The summed E-state index contributed by atoms with van der Waals surface area (Å²) in [6.45, 7) is 4.38. The molecule has 1 saturated heterocycles. The topological polar surface area (TPSA) is 32.3 Å². The van der Waals surface area contributed by atoms with E-state index in [2.05, 4.69) is 40.9 Å². The molecule has 20 heavy (non-hydrogen) atoms. The zero-order chi connectivity index (χ0) is 14.1. The summed E-state index contributed by atoms with van der Waals surface area (Å²) in [6.07, 6.45) is 5.95. The molecule has 1 aromatic rings. The second-order valence-electron chi connectivity index (χ2n) is 6.14. The van der Waals surface area contributed by atoms with Gasteiger partial charge in [0, 0.05) is 6.04 Å². The number of rotatable bonds is 5. The van der Waals surface area contributed by atoms with Gasteiger partial charge in [-0.05, 0) is 54.5 Å². The Morgan fingerprint density at radius 3 is 2.85 bits per heavy atom. The lowest BCUT2D eigenvalue weighted by molar-refractivity contribution is -0.134. The molecule has 0 bridgehead atoms. The lowest BCUT2D eigenvalue weighted by Crippen LogP contribution is -2.44. The van der Waals surface area contributed by atoms with Crippen molar-refractivity contribution in [3.8, 4) is 0 Å². The summed E-state index contributed by atoms with van der Waals surface area (Å²) in [5.41, 5.74) is 1.24. The standard InChI is InChI=1S/C16H24N2OS/c1-3-5-14-16(19)18(11(2)12-6-4-7-12)15(17-14)13-8-9-20-10-13/h8-12,14-15,17H,3-7H2,1-2H3. The maximum atomic E-state index is 12.8. The molecule has 1 N–H and O–H groups in total. The minimum Gasteiger partial charge on any atom is -0.319 e. The van der Waals surface area contributed by atoms with Crippen LogP contribution in [0.3, 0.4) is 0 Å². The molecule has 2 heterocycles. The molecule has 3 nitrogen and oxygen atoms in total. The van der Waals surface area contributed by atoms with E-state index in [1.165, 1.54) is 24.8 Å². The highest BCUT2D eigenvalue weighted by Crippen LogP contribution is 2.38. The monoisotopic (exact) mass is 292 g/mol. The highest BCUT2D eigenvalue weighted by Gasteiger charge is 2.44. The molecule has 0 spiro atoms. The predicted octanol–water partition coefficient (Wildman–Crippen LogP) is 3.54. The third kappa shape index (κ3) is 2.40. The molecule has 110 valence electrons. The van der Waals surface area contributed by atoms with Crippen LogP contribution >= 0.6 is 11.3 Å². The Balaban J connectivity index is 1.83. The Kier molecular flexibility index (Phi) is 4.13. The van der Waals surface area contributed by atoms with Gasteiger partial charge in [0.05, 0.1) is 6.04 Å². The largest absolute Gasteiger partial charge is 0.319 e. The quantitative estimate of drug-likeness (QED) is 0.900. The van der Waals surface area contributed by atoms with Crippen LogP contribution in [0.5, 0.6) is 0 Å². The van der Waals surface area contributed by atoms with Crippen LogP contribution in [0.15, 0.2) is 16.8 Å². The van der Waals surface area contributed by atoms with Gasteiger partial charge >= 0.3 is 0 Å². The fourth-order valence-corrected chi connectivity index (χ4v) is 4.10. The van der Waals surface area contributed by atoms with E-state index in [-0.39, 0.29) is 12.2 Å². The minimum atomic E-state index is 0.00688. The molecular formula is C16H24N2OS. The highest BCUT2D eigenvalue weighted by atomic mass is 32.1. The number of carbonyl (C=O) groups is 1. The van der Waals surface area contributed by atoms with E-state index in [0.717, 1.165) is 12.8 Å². The van der Waals surface area contributed by atoms with Crippen molar-refractivity contribution in [2.45, 2.75) is 64.2 Å². The average Bonchev–Trinajstić information content (AvgIpc) is 2.96. The highest BCUT2D eigenvalue weighted by molar-refractivity contribution is 7.07. The fourth-order valence-electron chi connectivity index (χ4n) is 3.42. The van der Waals surface area contributed by atoms with Crippen LogP contribution in [0.1, 0.15) is 57.7 Å². The number of amides is 1. The Morgan fingerprint density at radius 2 is 2.30 bits per heavy atom. The van der Waals surface area contributed by atoms with Crippen molar-refractivity contribution >= 4 is 17.2 Å². The Hall–Kier alpha value is -0.870. The Bertz CT molecular complexity index is 455. The number of thiophene rings is 1. The first-order chi connectivity index (χ1) is 9.72. The van der Waals surface area contributed by atoms with Crippen LogP contribution in [-0.2, 0) is 4.79 Å². The number of hydrogen-bond acceptors (Lipinski definition) is 3. The van der Waals surface area contributed by atoms with Crippen molar-refractivity contribution in [1.82, 2.24) is 10.2 Å². The molecule has 1 amide bonds. The van der Waals surface area contributed by atoms with E-state index in [1.807, 2.05) is 0 Å². The summed E-state index contributed by atoms with van der Waals surface area (Å²) in [7, 11) is 0. The zero-order valence-electron chi connectivity index (χ0n) is 12.3. The number of hydrogen-bond donors (Lipinski definition) is 1. The molecule has 4 heteroatoms. The predicted molar refractivity (Wildman–Crippen MR) is 82.5 cm³/mol. The molecule has 1 aliphatic heterocycles. The number of nitrogens with one attached hydrogen (secondary N) is 1. The molecule has 1 aliphatic carbocycles. The van der Waals surface area contributed by atoms with E-state index in [9.17, 15) is 4.79 Å². The second-order valence-corrected chi connectivity index (χ2v) is 6.92. The number of carbonyl (C=O) groups excluding carboxylic acids is 1. The zero-order valence-corrected chi connectivity index (χ0v) is 13.2. The third-order valence-corrected chi connectivity index (χ3v) is 5.60. The molecule has 0 radical (unpaired) electrons. The van der Waals surface area contributed by atoms with Crippen molar-refractivity contribution in [2.75, 3.05) is 0 Å². The normalized spacial score (nSPS) is 28.7. The van der Waals surface area contributed by atoms with Crippen molar-refractivity contribution < 1.29 is 4.79 Å². The molecule has 3 atom stereocenters. The van der Waals surface area contributed by atoms with Gasteiger partial charge in [-0.25, -0.2) is 0 Å². The summed E-state index contributed by atoms with van der Waals surface area (Å²) in [5, 5.41) is 7.83. The van der Waals surface area contributed by atoms with Crippen molar-refractivity contribution in [1.29, 1.82) is 0 Å². The van der Waals surface area contributed by atoms with E-state index in [1.54, 1.807) is 11.3 Å². The van der Waals surface area contributed by atoms with Gasteiger partial charge in [0.1, 0.15) is 6.17 Å². The maximum Gasteiger partial charge on any atom is 0.241 e. The summed E-state index contributed by atoms with van der Waals surface area (Å²) >= 11 is 1.71. The van der Waals surface area contributed by atoms with Crippen LogP contribution in [0, 0.1) is 5.92 Å². The van der Waals surface area contributed by atoms with E-state index >= 15 is 0 Å². The summed E-state index contributed by atoms with van der Waals surface area (Å²) in [6, 6.07) is 2.51. The van der Waals surface area contributed by atoms with Crippen LogP contribution in [0.2, 0.25) is 0 Å². The van der Waals surface area contributed by atoms with Gasteiger partial charge in [-0.15, -0.1) is 0 Å². The molecule has 1 saturated carbocycles. The minimum absolute atomic E-state index is 0.00688. The molecule has 3 rings (SSSR count). The lowest BCUT2D eigenvalue weighted by atomic mass is 9.79. The van der Waals surface area contributed by atoms with Crippen molar-refractivity contribution in [2.24, 2.45) is 5.92 Å².